The molecule has 1 aliphatic rings. The number of esters is 1. The van der Waals surface area contributed by atoms with E-state index in [0.717, 1.165) is 16.7 Å². The lowest BCUT2D eigenvalue weighted by atomic mass is 10.1. The zero-order valence-corrected chi connectivity index (χ0v) is 15.3. The van der Waals surface area contributed by atoms with Gasteiger partial charge in [-0.2, -0.15) is 5.26 Å². The minimum atomic E-state index is -1.01. The fraction of sp³-hybridized carbons (Fsp3) is 0.158. The van der Waals surface area contributed by atoms with Gasteiger partial charge in [0.25, 0.3) is 11.1 Å². The van der Waals surface area contributed by atoms with Crippen molar-refractivity contribution < 1.29 is 23.5 Å². The number of amides is 2. The van der Waals surface area contributed by atoms with E-state index in [-0.39, 0.29) is 4.91 Å². The Morgan fingerprint density at radius 2 is 2.04 bits per heavy atom. The van der Waals surface area contributed by atoms with Crippen LogP contribution in [-0.4, -0.2) is 35.2 Å². The van der Waals surface area contributed by atoms with Crippen LogP contribution >= 0.6 is 11.8 Å². The van der Waals surface area contributed by atoms with E-state index in [4.69, 9.17) is 4.42 Å². The molecule has 8 heteroatoms. The summed E-state index contributed by atoms with van der Waals surface area (Å²) in [4.78, 5) is 37.2. The van der Waals surface area contributed by atoms with Gasteiger partial charge in [0.05, 0.1) is 23.6 Å². The molecule has 0 spiro atoms. The molecule has 2 heterocycles. The third kappa shape index (κ3) is 3.50. The fourth-order valence-electron chi connectivity index (χ4n) is 2.59. The lowest BCUT2D eigenvalue weighted by Gasteiger charge is -2.18. The number of nitrogens with zero attached hydrogens (tertiary/aromatic N) is 2. The predicted octanol–water partition coefficient (Wildman–Crippen LogP) is 3.42. The van der Waals surface area contributed by atoms with Crippen LogP contribution in [-0.2, 0) is 14.3 Å². The summed E-state index contributed by atoms with van der Waals surface area (Å²) >= 11 is 0.724. The van der Waals surface area contributed by atoms with Crippen molar-refractivity contribution in [3.63, 3.8) is 0 Å². The summed E-state index contributed by atoms with van der Waals surface area (Å²) < 4.78 is 10.3. The van der Waals surface area contributed by atoms with Crippen molar-refractivity contribution in [2.45, 2.75) is 13.0 Å². The van der Waals surface area contributed by atoms with Gasteiger partial charge in [-0.15, -0.1) is 0 Å². The lowest BCUT2D eigenvalue weighted by molar-refractivity contribution is -0.148. The van der Waals surface area contributed by atoms with E-state index >= 15 is 0 Å². The number of nitriles is 1. The molecule has 1 aliphatic heterocycles. The normalized spacial score (nSPS) is 16.5. The van der Waals surface area contributed by atoms with E-state index in [1.165, 1.54) is 20.1 Å². The third-order valence-electron chi connectivity index (χ3n) is 3.97. The van der Waals surface area contributed by atoms with E-state index in [9.17, 15) is 19.6 Å². The first kappa shape index (κ1) is 18.5. The molecule has 3 rings (SSSR count). The second-order valence-corrected chi connectivity index (χ2v) is 6.60. The van der Waals surface area contributed by atoms with Crippen molar-refractivity contribution in [2.24, 2.45) is 0 Å². The maximum Gasteiger partial charge on any atom is 0.328 e. The zero-order chi connectivity index (χ0) is 19.6. The highest BCUT2D eigenvalue weighted by Gasteiger charge is 2.41. The summed E-state index contributed by atoms with van der Waals surface area (Å²) in [6, 6.07) is 11.4. The molecule has 1 atom stereocenters. The summed E-state index contributed by atoms with van der Waals surface area (Å²) in [5.74, 6) is -0.431. The van der Waals surface area contributed by atoms with Gasteiger partial charge in [-0.1, -0.05) is 12.1 Å². The Morgan fingerprint density at radius 1 is 1.30 bits per heavy atom. The highest BCUT2D eigenvalue weighted by Crippen LogP contribution is 2.35. The van der Waals surface area contributed by atoms with Crippen LogP contribution in [0.3, 0.4) is 0 Å². The number of hydrogen-bond donors (Lipinski definition) is 0. The number of benzene rings is 1. The summed E-state index contributed by atoms with van der Waals surface area (Å²) in [7, 11) is 1.19. The van der Waals surface area contributed by atoms with E-state index in [1.54, 1.807) is 36.4 Å². The largest absolute Gasteiger partial charge is 0.467 e. The molecule has 2 aromatic rings. The molecular formula is C19H14N2O5S. The van der Waals surface area contributed by atoms with Crippen LogP contribution in [0.5, 0.6) is 0 Å². The standard InChI is InChI=1S/C19H14N2O5S/c1-11(18(23)25-2)21-17(22)16(27-19(21)24)9-13-7-8-15(26-13)14-6-4-3-5-12(14)10-20/h3-9,11H,1-2H3/b16-9-/t11-/m1/s1. The van der Waals surface area contributed by atoms with Gasteiger partial charge >= 0.3 is 5.97 Å². The van der Waals surface area contributed by atoms with Crippen molar-refractivity contribution in [3.05, 3.63) is 52.6 Å². The monoisotopic (exact) mass is 382 g/mol. The van der Waals surface area contributed by atoms with Gasteiger partial charge in [-0.25, -0.2) is 4.79 Å². The highest BCUT2D eigenvalue weighted by atomic mass is 32.2. The Kier molecular flexibility index (Phi) is 5.14. The van der Waals surface area contributed by atoms with Gasteiger partial charge in [0, 0.05) is 11.6 Å². The first-order valence-corrected chi connectivity index (χ1v) is 8.72. The van der Waals surface area contributed by atoms with Crippen LogP contribution in [0.4, 0.5) is 4.79 Å². The number of hydrogen-bond acceptors (Lipinski definition) is 7. The molecule has 1 saturated heterocycles. The summed E-state index contributed by atoms with van der Waals surface area (Å²) in [6.45, 7) is 1.43. The predicted molar refractivity (Wildman–Crippen MR) is 98.1 cm³/mol. The number of methoxy groups -OCH3 is 1. The van der Waals surface area contributed by atoms with Crippen molar-refractivity contribution in [3.8, 4) is 17.4 Å². The summed E-state index contributed by atoms with van der Waals surface area (Å²) in [6.07, 6.45) is 1.44. The van der Waals surface area contributed by atoms with Crippen LogP contribution in [0.2, 0.25) is 0 Å². The summed E-state index contributed by atoms with van der Waals surface area (Å²) in [5, 5.41) is 8.64. The topological polar surface area (TPSA) is 101 Å². The molecule has 0 unspecified atom stereocenters. The third-order valence-corrected chi connectivity index (χ3v) is 4.85. The van der Waals surface area contributed by atoms with E-state index in [2.05, 4.69) is 10.8 Å². The first-order valence-electron chi connectivity index (χ1n) is 7.90. The number of imide groups is 1. The maximum atomic E-state index is 12.5. The van der Waals surface area contributed by atoms with Crippen molar-refractivity contribution in [1.29, 1.82) is 5.26 Å². The molecule has 0 N–H and O–H groups in total. The average Bonchev–Trinajstić information content (AvgIpc) is 3.25. The SMILES string of the molecule is COC(=O)[C@@H](C)N1C(=O)S/C(=C\c2ccc(-c3ccccc3C#N)o2)C1=O. The Morgan fingerprint density at radius 3 is 2.74 bits per heavy atom. The van der Waals surface area contributed by atoms with E-state index in [0.29, 0.717) is 22.6 Å². The minimum absolute atomic E-state index is 0.144. The molecule has 136 valence electrons. The average molecular weight is 382 g/mol. The van der Waals surface area contributed by atoms with Crippen molar-refractivity contribution in [1.82, 2.24) is 4.90 Å². The second-order valence-electron chi connectivity index (χ2n) is 5.61. The fourth-order valence-corrected chi connectivity index (χ4v) is 3.48. The Balaban J connectivity index is 1.87. The van der Waals surface area contributed by atoms with Crippen LogP contribution in [0, 0.1) is 11.3 Å². The molecule has 7 nitrogen and oxygen atoms in total. The molecule has 0 radical (unpaired) electrons. The van der Waals surface area contributed by atoms with Crippen LogP contribution in [0.25, 0.3) is 17.4 Å². The number of carbonyl (C=O) groups is 3. The number of thioether (sulfide) groups is 1. The molecule has 2 amide bonds. The number of furan rings is 1. The summed E-state index contributed by atoms with van der Waals surface area (Å²) in [5.41, 5.74) is 1.10. The van der Waals surface area contributed by atoms with Gasteiger partial charge in [0.2, 0.25) is 0 Å². The van der Waals surface area contributed by atoms with Crippen LogP contribution in [0.15, 0.2) is 45.7 Å². The lowest BCUT2D eigenvalue weighted by Crippen LogP contribution is -2.42. The Bertz CT molecular complexity index is 1000. The van der Waals surface area contributed by atoms with Gasteiger partial charge < -0.3 is 9.15 Å². The van der Waals surface area contributed by atoms with Gasteiger partial charge in [0.15, 0.2) is 0 Å². The van der Waals surface area contributed by atoms with Crippen molar-refractivity contribution >= 4 is 35.0 Å². The van der Waals surface area contributed by atoms with E-state index < -0.39 is 23.2 Å². The molecule has 0 bridgehead atoms. The highest BCUT2D eigenvalue weighted by molar-refractivity contribution is 8.18. The number of rotatable bonds is 4. The van der Waals surface area contributed by atoms with Gasteiger partial charge in [0.1, 0.15) is 17.6 Å². The molecular weight excluding hydrogens is 368 g/mol. The molecule has 1 aromatic heterocycles. The minimum Gasteiger partial charge on any atom is -0.467 e. The van der Waals surface area contributed by atoms with Crippen LogP contribution < -0.4 is 0 Å². The smallest absolute Gasteiger partial charge is 0.328 e. The van der Waals surface area contributed by atoms with E-state index in [1.807, 2.05) is 0 Å². The first-order chi connectivity index (χ1) is 13.0. The molecule has 1 fully saturated rings. The van der Waals surface area contributed by atoms with Crippen molar-refractivity contribution in [2.75, 3.05) is 7.11 Å². The number of ether oxygens (including phenoxy) is 1. The zero-order valence-electron chi connectivity index (χ0n) is 14.5. The van der Waals surface area contributed by atoms with Gasteiger partial charge in [-0.3, -0.25) is 14.5 Å². The van der Waals surface area contributed by atoms with Gasteiger partial charge in [-0.05, 0) is 43.0 Å². The molecule has 27 heavy (non-hydrogen) atoms. The van der Waals surface area contributed by atoms with Crippen LogP contribution in [0.1, 0.15) is 18.2 Å². The number of carbonyl (C=O) groups excluding carboxylic acids is 3. The molecule has 0 saturated carbocycles. The second kappa shape index (κ2) is 7.51. The molecule has 1 aromatic carbocycles. The molecule has 0 aliphatic carbocycles. The Labute approximate surface area is 159 Å². The quantitative estimate of drug-likeness (QED) is 0.590. The Hall–Kier alpha value is -3.31. The maximum absolute atomic E-state index is 12.5.